The molecule has 0 amide bonds. The highest BCUT2D eigenvalue weighted by atomic mass is 14.7. The number of nitrogens with zero attached hydrogens (tertiary/aromatic N) is 1. The van der Waals surface area contributed by atoms with Gasteiger partial charge in [0.25, 0.3) is 0 Å². The molecule has 1 aliphatic rings. The molecular formula is C18H24N2. The zero-order chi connectivity index (χ0) is 14.1. The third kappa shape index (κ3) is 2.45. The van der Waals surface area contributed by atoms with Crippen molar-refractivity contribution in [3.8, 4) is 0 Å². The number of rotatable bonds is 2. The van der Waals surface area contributed by atoms with Crippen molar-refractivity contribution in [2.75, 3.05) is 0 Å². The lowest BCUT2D eigenvalue weighted by Gasteiger charge is -2.36. The molecule has 3 unspecified atom stereocenters. The Bertz CT molecular complexity index is 585. The van der Waals surface area contributed by atoms with E-state index in [1.807, 2.05) is 12.3 Å². The van der Waals surface area contributed by atoms with Crippen LogP contribution in [0, 0.1) is 11.8 Å². The molecule has 1 aromatic carbocycles. The number of hydrogen-bond acceptors (Lipinski definition) is 2. The van der Waals surface area contributed by atoms with Crippen molar-refractivity contribution in [1.29, 1.82) is 0 Å². The van der Waals surface area contributed by atoms with E-state index in [-0.39, 0.29) is 6.04 Å². The lowest BCUT2D eigenvalue weighted by atomic mass is 9.71. The molecule has 2 nitrogen and oxygen atoms in total. The summed E-state index contributed by atoms with van der Waals surface area (Å²) in [6.07, 6.45) is 5.50. The lowest BCUT2D eigenvalue weighted by Crippen LogP contribution is -2.36. The van der Waals surface area contributed by atoms with Crippen molar-refractivity contribution in [2.24, 2.45) is 17.6 Å². The lowest BCUT2D eigenvalue weighted by molar-refractivity contribution is 0.233. The second-order valence-corrected chi connectivity index (χ2v) is 6.51. The minimum absolute atomic E-state index is 0.276. The van der Waals surface area contributed by atoms with E-state index in [1.165, 1.54) is 23.8 Å². The maximum absolute atomic E-state index is 6.44. The Morgan fingerprint density at radius 2 is 1.95 bits per heavy atom. The second kappa shape index (κ2) is 5.53. The molecule has 0 bridgehead atoms. The Morgan fingerprint density at radius 1 is 1.15 bits per heavy atom. The summed E-state index contributed by atoms with van der Waals surface area (Å²) in [5.74, 6) is 1.99. The van der Waals surface area contributed by atoms with Gasteiger partial charge in [0.05, 0.1) is 5.52 Å². The molecule has 1 fully saturated rings. The maximum atomic E-state index is 6.44. The van der Waals surface area contributed by atoms with Crippen LogP contribution in [0.15, 0.2) is 36.5 Å². The summed E-state index contributed by atoms with van der Waals surface area (Å²) in [6, 6.07) is 10.9. The normalized spacial score (nSPS) is 27.1. The Hall–Kier alpha value is -1.41. The molecule has 1 aromatic heterocycles. The molecule has 1 aliphatic carbocycles. The fourth-order valence-electron chi connectivity index (χ4n) is 3.62. The molecule has 1 heterocycles. The number of pyridine rings is 1. The van der Waals surface area contributed by atoms with E-state index < -0.39 is 0 Å². The minimum atomic E-state index is 0.276. The fourth-order valence-corrected chi connectivity index (χ4v) is 3.62. The van der Waals surface area contributed by atoms with Gasteiger partial charge >= 0.3 is 0 Å². The van der Waals surface area contributed by atoms with Crippen molar-refractivity contribution < 1.29 is 0 Å². The molecular weight excluding hydrogens is 244 g/mol. The first-order chi connectivity index (χ1) is 9.66. The van der Waals surface area contributed by atoms with Gasteiger partial charge in [0, 0.05) is 23.5 Å². The summed E-state index contributed by atoms with van der Waals surface area (Å²) in [4.78, 5) is 4.61. The van der Waals surface area contributed by atoms with Gasteiger partial charge in [-0.1, -0.05) is 38.1 Å². The van der Waals surface area contributed by atoms with Crippen molar-refractivity contribution in [3.05, 3.63) is 42.1 Å². The number of aromatic nitrogens is 1. The van der Waals surface area contributed by atoms with E-state index >= 15 is 0 Å². The second-order valence-electron chi connectivity index (χ2n) is 6.51. The molecule has 0 spiro atoms. The number of benzene rings is 1. The first-order valence-electron chi connectivity index (χ1n) is 7.76. The summed E-state index contributed by atoms with van der Waals surface area (Å²) >= 11 is 0. The van der Waals surface area contributed by atoms with Gasteiger partial charge in [0.2, 0.25) is 0 Å². The van der Waals surface area contributed by atoms with Crippen LogP contribution in [-0.2, 0) is 0 Å². The Labute approximate surface area is 121 Å². The predicted octanol–water partition coefficient (Wildman–Crippen LogP) is 4.10. The number of para-hydroxylation sites is 1. The van der Waals surface area contributed by atoms with Crippen LogP contribution in [0.3, 0.4) is 0 Å². The standard InChI is InChI=1S/C18H24N2/c1-12(2)14-8-9-17(19)16(11-14)15-7-3-5-13-6-4-10-20-18(13)15/h3-7,10,12,14,16-17H,8-9,11,19H2,1-2H3. The highest BCUT2D eigenvalue weighted by Crippen LogP contribution is 2.40. The summed E-state index contributed by atoms with van der Waals surface area (Å²) in [5.41, 5.74) is 8.92. The molecule has 3 atom stereocenters. The summed E-state index contributed by atoms with van der Waals surface area (Å²) in [5, 5.41) is 1.23. The van der Waals surface area contributed by atoms with Gasteiger partial charge in [-0.3, -0.25) is 4.98 Å². The van der Waals surface area contributed by atoms with Crippen LogP contribution in [0.4, 0.5) is 0 Å². The van der Waals surface area contributed by atoms with Crippen molar-refractivity contribution in [2.45, 2.75) is 45.1 Å². The van der Waals surface area contributed by atoms with Crippen LogP contribution in [0.1, 0.15) is 44.6 Å². The topological polar surface area (TPSA) is 38.9 Å². The van der Waals surface area contributed by atoms with E-state index in [0.29, 0.717) is 5.92 Å². The predicted molar refractivity (Wildman–Crippen MR) is 84.6 cm³/mol. The smallest absolute Gasteiger partial charge is 0.0737 e. The van der Waals surface area contributed by atoms with Gasteiger partial charge in [-0.2, -0.15) is 0 Å². The monoisotopic (exact) mass is 268 g/mol. The van der Waals surface area contributed by atoms with Gasteiger partial charge < -0.3 is 5.73 Å². The average Bonchev–Trinajstić information content (AvgIpc) is 2.47. The van der Waals surface area contributed by atoms with Gasteiger partial charge in [-0.15, -0.1) is 0 Å². The molecule has 3 rings (SSSR count). The summed E-state index contributed by atoms with van der Waals surface area (Å²) < 4.78 is 0. The number of nitrogens with two attached hydrogens (primary N) is 1. The average molecular weight is 268 g/mol. The maximum Gasteiger partial charge on any atom is 0.0737 e. The van der Waals surface area contributed by atoms with E-state index in [9.17, 15) is 0 Å². The van der Waals surface area contributed by atoms with Crippen LogP contribution >= 0.6 is 0 Å². The molecule has 0 aliphatic heterocycles. The van der Waals surface area contributed by atoms with E-state index in [2.05, 4.69) is 43.1 Å². The van der Waals surface area contributed by atoms with Crippen LogP contribution in [-0.4, -0.2) is 11.0 Å². The molecule has 20 heavy (non-hydrogen) atoms. The van der Waals surface area contributed by atoms with E-state index in [0.717, 1.165) is 23.8 Å². The van der Waals surface area contributed by atoms with Crippen molar-refractivity contribution >= 4 is 10.9 Å². The molecule has 0 radical (unpaired) electrons. The quantitative estimate of drug-likeness (QED) is 0.890. The third-order valence-corrected chi connectivity index (χ3v) is 4.95. The number of hydrogen-bond donors (Lipinski definition) is 1. The number of fused-ring (bicyclic) bond motifs is 1. The van der Waals surface area contributed by atoms with E-state index in [4.69, 9.17) is 5.73 Å². The van der Waals surface area contributed by atoms with Crippen LogP contribution in [0.2, 0.25) is 0 Å². The molecule has 106 valence electrons. The molecule has 2 heteroatoms. The molecule has 2 aromatic rings. The fraction of sp³-hybridized carbons (Fsp3) is 0.500. The largest absolute Gasteiger partial charge is 0.327 e. The van der Waals surface area contributed by atoms with Crippen molar-refractivity contribution in [3.63, 3.8) is 0 Å². The SMILES string of the molecule is CC(C)C1CCC(N)C(c2cccc3cccnc23)C1. The first kappa shape index (κ1) is 13.6. The Balaban J connectivity index is 2.00. The summed E-state index contributed by atoms with van der Waals surface area (Å²) in [6.45, 7) is 4.67. The minimum Gasteiger partial charge on any atom is -0.327 e. The molecule has 1 saturated carbocycles. The van der Waals surface area contributed by atoms with Crippen LogP contribution in [0.5, 0.6) is 0 Å². The van der Waals surface area contributed by atoms with Gasteiger partial charge in [-0.05, 0) is 42.7 Å². The van der Waals surface area contributed by atoms with Crippen molar-refractivity contribution in [1.82, 2.24) is 4.98 Å². The Kier molecular flexibility index (Phi) is 3.75. The summed E-state index contributed by atoms with van der Waals surface area (Å²) in [7, 11) is 0. The van der Waals surface area contributed by atoms with Gasteiger partial charge in [0.1, 0.15) is 0 Å². The van der Waals surface area contributed by atoms with Crippen LogP contribution < -0.4 is 5.73 Å². The highest BCUT2D eigenvalue weighted by Gasteiger charge is 2.31. The van der Waals surface area contributed by atoms with Gasteiger partial charge in [-0.25, -0.2) is 0 Å². The van der Waals surface area contributed by atoms with E-state index in [1.54, 1.807) is 0 Å². The molecule has 0 saturated heterocycles. The zero-order valence-corrected chi connectivity index (χ0v) is 12.4. The highest BCUT2D eigenvalue weighted by molar-refractivity contribution is 5.82. The Morgan fingerprint density at radius 3 is 2.75 bits per heavy atom. The first-order valence-corrected chi connectivity index (χ1v) is 7.76. The van der Waals surface area contributed by atoms with Gasteiger partial charge in [0.15, 0.2) is 0 Å². The molecule has 2 N–H and O–H groups in total. The van der Waals surface area contributed by atoms with Crippen LogP contribution in [0.25, 0.3) is 10.9 Å². The third-order valence-electron chi connectivity index (χ3n) is 4.95. The zero-order valence-electron chi connectivity index (χ0n) is 12.4.